The van der Waals surface area contributed by atoms with Gasteiger partial charge in [-0.25, -0.2) is 0 Å². The summed E-state index contributed by atoms with van der Waals surface area (Å²) in [5, 5.41) is 7.77. The highest BCUT2D eigenvalue weighted by molar-refractivity contribution is 7.12. The van der Waals surface area contributed by atoms with E-state index in [9.17, 15) is 9.59 Å². The van der Waals surface area contributed by atoms with Gasteiger partial charge in [0, 0.05) is 5.69 Å². The van der Waals surface area contributed by atoms with Crippen molar-refractivity contribution in [1.29, 1.82) is 0 Å². The third-order valence-corrected chi connectivity index (χ3v) is 4.56. The number of halogens is 1. The normalized spacial score (nSPS) is 11.9. The van der Waals surface area contributed by atoms with Gasteiger partial charge in [0.15, 0.2) is 0 Å². The maximum Gasteiger partial charge on any atom is 0.262 e. The molecule has 1 aromatic heterocycles. The Morgan fingerprint density at radius 1 is 1.25 bits per heavy atom. The Morgan fingerprint density at radius 2 is 2.00 bits per heavy atom. The molecular formula is C17H19ClN2O3S. The number of rotatable bonds is 6. The van der Waals surface area contributed by atoms with Crippen LogP contribution in [0.2, 0.25) is 5.02 Å². The lowest BCUT2D eigenvalue weighted by atomic mass is 10.0. The Morgan fingerprint density at radius 3 is 2.54 bits per heavy atom. The summed E-state index contributed by atoms with van der Waals surface area (Å²) in [6.45, 7) is 3.75. The molecule has 0 aliphatic carbocycles. The minimum Gasteiger partial charge on any atom is -0.495 e. The Kier molecular flexibility index (Phi) is 6.23. The van der Waals surface area contributed by atoms with Crippen molar-refractivity contribution in [3.8, 4) is 5.75 Å². The molecule has 0 unspecified atom stereocenters. The van der Waals surface area contributed by atoms with Crippen LogP contribution in [0.5, 0.6) is 5.75 Å². The topological polar surface area (TPSA) is 67.4 Å². The van der Waals surface area contributed by atoms with E-state index in [1.165, 1.54) is 18.4 Å². The minimum absolute atomic E-state index is 0.0670. The van der Waals surface area contributed by atoms with Crippen molar-refractivity contribution in [2.45, 2.75) is 19.9 Å². The number of hydrogen-bond donors (Lipinski definition) is 2. The average Bonchev–Trinajstić information content (AvgIpc) is 3.06. The molecule has 0 saturated heterocycles. The van der Waals surface area contributed by atoms with E-state index in [2.05, 4.69) is 10.6 Å². The maximum atomic E-state index is 12.5. The van der Waals surface area contributed by atoms with Crippen LogP contribution < -0.4 is 15.4 Å². The van der Waals surface area contributed by atoms with Crippen LogP contribution >= 0.6 is 22.9 Å². The average molecular weight is 367 g/mol. The first kappa shape index (κ1) is 18.3. The van der Waals surface area contributed by atoms with Gasteiger partial charge in [-0.2, -0.15) is 0 Å². The van der Waals surface area contributed by atoms with Crippen LogP contribution in [-0.2, 0) is 4.79 Å². The van der Waals surface area contributed by atoms with Gasteiger partial charge >= 0.3 is 0 Å². The quantitative estimate of drug-likeness (QED) is 0.817. The highest BCUT2D eigenvalue weighted by Gasteiger charge is 2.25. The van der Waals surface area contributed by atoms with Gasteiger partial charge in [-0.3, -0.25) is 9.59 Å². The van der Waals surface area contributed by atoms with Crippen molar-refractivity contribution in [2.24, 2.45) is 5.92 Å². The van der Waals surface area contributed by atoms with E-state index >= 15 is 0 Å². The van der Waals surface area contributed by atoms with Crippen molar-refractivity contribution >= 4 is 40.4 Å². The van der Waals surface area contributed by atoms with Crippen molar-refractivity contribution < 1.29 is 14.3 Å². The van der Waals surface area contributed by atoms with Gasteiger partial charge in [0.2, 0.25) is 5.91 Å². The first-order chi connectivity index (χ1) is 11.4. The third kappa shape index (κ3) is 4.49. The van der Waals surface area contributed by atoms with E-state index in [1.54, 1.807) is 30.3 Å². The molecule has 0 aliphatic heterocycles. The van der Waals surface area contributed by atoms with Gasteiger partial charge < -0.3 is 15.4 Å². The van der Waals surface area contributed by atoms with Crippen LogP contribution in [0, 0.1) is 5.92 Å². The predicted octanol–water partition coefficient (Wildman–Crippen LogP) is 3.80. The summed E-state index contributed by atoms with van der Waals surface area (Å²) in [5.74, 6) is -0.0912. The number of hydrogen-bond acceptors (Lipinski definition) is 4. The SMILES string of the molecule is COc1ccc(NC(=O)[C@H](NC(=O)c2cccs2)C(C)C)cc1Cl. The molecule has 0 fully saturated rings. The third-order valence-electron chi connectivity index (χ3n) is 3.40. The molecule has 2 rings (SSSR count). The summed E-state index contributed by atoms with van der Waals surface area (Å²) in [6.07, 6.45) is 0. The minimum atomic E-state index is -0.652. The standard InChI is InChI=1S/C17H19ClN2O3S/c1-10(2)15(20-16(21)14-5-4-8-24-14)17(22)19-11-6-7-13(23-3)12(18)9-11/h4-10,15H,1-3H3,(H,19,22)(H,20,21)/t15-/m1/s1. The molecule has 0 saturated carbocycles. The van der Waals surface area contributed by atoms with Crippen molar-refractivity contribution in [3.63, 3.8) is 0 Å². The molecule has 1 aromatic carbocycles. The van der Waals surface area contributed by atoms with Gasteiger partial charge in [-0.1, -0.05) is 31.5 Å². The van der Waals surface area contributed by atoms with Gasteiger partial charge in [0.05, 0.1) is 17.0 Å². The molecule has 0 spiro atoms. The molecule has 0 radical (unpaired) electrons. The Bertz CT molecular complexity index is 717. The van der Waals surface area contributed by atoms with Gasteiger partial charge in [-0.05, 0) is 35.6 Å². The number of carbonyl (C=O) groups excluding carboxylic acids is 2. The number of nitrogens with one attached hydrogen (secondary N) is 2. The molecule has 1 heterocycles. The van der Waals surface area contributed by atoms with Crippen LogP contribution in [0.25, 0.3) is 0 Å². The fourth-order valence-electron chi connectivity index (χ4n) is 2.12. The number of methoxy groups -OCH3 is 1. The Balaban J connectivity index is 2.09. The van der Waals surface area contributed by atoms with Gasteiger partial charge in [-0.15, -0.1) is 11.3 Å². The van der Waals surface area contributed by atoms with E-state index in [0.29, 0.717) is 21.3 Å². The Hall–Kier alpha value is -2.05. The molecule has 7 heteroatoms. The fourth-order valence-corrected chi connectivity index (χ4v) is 3.00. The number of thiophene rings is 1. The molecular weight excluding hydrogens is 348 g/mol. The van der Waals surface area contributed by atoms with Crippen LogP contribution in [0.15, 0.2) is 35.7 Å². The lowest BCUT2D eigenvalue weighted by molar-refractivity contribution is -0.118. The monoisotopic (exact) mass is 366 g/mol. The largest absolute Gasteiger partial charge is 0.495 e. The summed E-state index contributed by atoms with van der Waals surface area (Å²) in [4.78, 5) is 25.3. The zero-order valence-corrected chi connectivity index (χ0v) is 15.2. The van der Waals surface area contributed by atoms with Gasteiger partial charge in [0.1, 0.15) is 11.8 Å². The smallest absolute Gasteiger partial charge is 0.262 e. The van der Waals surface area contributed by atoms with Crippen LogP contribution in [0.1, 0.15) is 23.5 Å². The fraction of sp³-hybridized carbons (Fsp3) is 0.294. The lowest BCUT2D eigenvalue weighted by Gasteiger charge is -2.21. The molecule has 1 atom stereocenters. The van der Waals surface area contributed by atoms with Crippen LogP contribution in [0.4, 0.5) is 5.69 Å². The summed E-state index contributed by atoms with van der Waals surface area (Å²) >= 11 is 7.39. The molecule has 0 aliphatic rings. The summed E-state index contributed by atoms with van der Waals surface area (Å²) in [6, 6.07) is 7.84. The van der Waals surface area contributed by atoms with Crippen molar-refractivity contribution in [1.82, 2.24) is 5.32 Å². The van der Waals surface area contributed by atoms with Crippen LogP contribution in [-0.4, -0.2) is 25.0 Å². The highest BCUT2D eigenvalue weighted by atomic mass is 35.5. The molecule has 5 nitrogen and oxygen atoms in total. The van der Waals surface area contributed by atoms with E-state index in [0.717, 1.165) is 0 Å². The number of benzene rings is 1. The second-order valence-electron chi connectivity index (χ2n) is 5.51. The molecule has 0 bridgehead atoms. The number of carbonyl (C=O) groups is 2. The van der Waals surface area contributed by atoms with E-state index in [1.807, 2.05) is 19.2 Å². The number of ether oxygens (including phenoxy) is 1. The molecule has 24 heavy (non-hydrogen) atoms. The van der Waals surface area contributed by atoms with Crippen LogP contribution in [0.3, 0.4) is 0 Å². The summed E-state index contributed by atoms with van der Waals surface area (Å²) in [5.41, 5.74) is 0.543. The predicted molar refractivity (Wildman–Crippen MR) is 97.0 cm³/mol. The van der Waals surface area contributed by atoms with Crippen molar-refractivity contribution in [3.05, 3.63) is 45.6 Å². The number of anilines is 1. The molecule has 2 N–H and O–H groups in total. The van der Waals surface area contributed by atoms with E-state index < -0.39 is 6.04 Å². The second-order valence-corrected chi connectivity index (χ2v) is 6.87. The zero-order valence-electron chi connectivity index (χ0n) is 13.6. The highest BCUT2D eigenvalue weighted by Crippen LogP contribution is 2.27. The second kappa shape index (κ2) is 8.17. The maximum absolute atomic E-state index is 12.5. The first-order valence-corrected chi connectivity index (χ1v) is 8.67. The molecule has 2 amide bonds. The lowest BCUT2D eigenvalue weighted by Crippen LogP contribution is -2.46. The van der Waals surface area contributed by atoms with Gasteiger partial charge in [0.25, 0.3) is 5.91 Å². The molecule has 128 valence electrons. The first-order valence-electron chi connectivity index (χ1n) is 7.41. The molecule has 2 aromatic rings. The zero-order chi connectivity index (χ0) is 17.7. The van der Waals surface area contributed by atoms with E-state index in [4.69, 9.17) is 16.3 Å². The Labute approximate surface area is 150 Å². The summed E-state index contributed by atoms with van der Waals surface area (Å²) in [7, 11) is 1.52. The number of amides is 2. The van der Waals surface area contributed by atoms with Crippen molar-refractivity contribution in [2.75, 3.05) is 12.4 Å². The summed E-state index contributed by atoms with van der Waals surface area (Å²) < 4.78 is 5.08. The van der Waals surface area contributed by atoms with E-state index in [-0.39, 0.29) is 17.7 Å².